The Kier molecular flexibility index (Phi) is 5.84. The minimum Gasteiger partial charge on any atom is -0.508 e. The molecule has 2 aromatic heterocycles. The van der Waals surface area contributed by atoms with E-state index in [9.17, 15) is 10.2 Å². The third-order valence-electron chi connectivity index (χ3n) is 4.63. The lowest BCUT2D eigenvalue weighted by molar-refractivity contribution is 0.169. The molecule has 0 fully saturated rings. The van der Waals surface area contributed by atoms with Crippen LogP contribution < -0.4 is 15.4 Å². The Bertz CT molecular complexity index is 956. The predicted octanol–water partition coefficient (Wildman–Crippen LogP) is 2.26. The maximum Gasteiger partial charge on any atom is 0.227 e. The molecular formula is C19H26N6O3. The van der Waals surface area contributed by atoms with Crippen molar-refractivity contribution in [2.24, 2.45) is 7.05 Å². The molecule has 3 rings (SSSR count). The summed E-state index contributed by atoms with van der Waals surface area (Å²) in [6.45, 7) is 4.05. The number of aromatic nitrogens is 4. The summed E-state index contributed by atoms with van der Waals surface area (Å²) in [5, 5.41) is 26.4. The van der Waals surface area contributed by atoms with Crippen LogP contribution in [0.15, 0.2) is 24.5 Å². The average molecular weight is 386 g/mol. The highest BCUT2D eigenvalue weighted by Crippen LogP contribution is 2.26. The van der Waals surface area contributed by atoms with Crippen molar-refractivity contribution >= 4 is 22.9 Å². The summed E-state index contributed by atoms with van der Waals surface area (Å²) < 4.78 is 7.02. The van der Waals surface area contributed by atoms with Gasteiger partial charge in [0.25, 0.3) is 0 Å². The first-order valence-corrected chi connectivity index (χ1v) is 9.16. The number of hydrogen-bond donors (Lipinski definition) is 4. The van der Waals surface area contributed by atoms with Gasteiger partial charge in [0.1, 0.15) is 11.5 Å². The van der Waals surface area contributed by atoms with Gasteiger partial charge in [0.05, 0.1) is 25.6 Å². The molecule has 0 aliphatic heterocycles. The Hall–Kier alpha value is -3.07. The number of fused-ring (bicyclic) bond motifs is 1. The Balaban J connectivity index is 1.91. The lowest BCUT2D eigenvalue weighted by atomic mass is 10.1. The van der Waals surface area contributed by atoms with Crippen molar-refractivity contribution in [2.75, 3.05) is 17.7 Å². The second-order valence-electron chi connectivity index (χ2n) is 6.67. The van der Waals surface area contributed by atoms with Gasteiger partial charge in [0.2, 0.25) is 5.95 Å². The molecule has 9 nitrogen and oxygen atoms in total. The van der Waals surface area contributed by atoms with Crippen LogP contribution in [0.4, 0.5) is 11.8 Å². The molecule has 0 aliphatic carbocycles. The number of nitrogens with one attached hydrogen (secondary N) is 2. The molecule has 2 atom stereocenters. The van der Waals surface area contributed by atoms with E-state index in [0.29, 0.717) is 40.8 Å². The first-order chi connectivity index (χ1) is 13.4. The molecule has 0 aliphatic rings. The number of anilines is 2. The van der Waals surface area contributed by atoms with E-state index in [1.807, 2.05) is 14.0 Å². The monoisotopic (exact) mass is 386 g/mol. The molecule has 0 saturated carbocycles. The summed E-state index contributed by atoms with van der Waals surface area (Å²) in [7, 11) is 3.44. The number of ether oxygens (including phenoxy) is 1. The zero-order valence-corrected chi connectivity index (χ0v) is 16.5. The highest BCUT2D eigenvalue weighted by Gasteiger charge is 2.17. The van der Waals surface area contributed by atoms with E-state index in [4.69, 9.17) is 4.74 Å². The summed E-state index contributed by atoms with van der Waals surface area (Å²) in [5.74, 6) is 1.76. The molecule has 150 valence electrons. The number of aryl methyl sites for hydroxylation is 1. The largest absolute Gasteiger partial charge is 0.508 e. The number of imidazole rings is 1. The van der Waals surface area contributed by atoms with Crippen molar-refractivity contribution in [2.45, 2.75) is 39.0 Å². The van der Waals surface area contributed by atoms with Crippen LogP contribution in [-0.4, -0.2) is 49.0 Å². The van der Waals surface area contributed by atoms with Crippen molar-refractivity contribution < 1.29 is 14.9 Å². The quantitative estimate of drug-likeness (QED) is 0.466. The van der Waals surface area contributed by atoms with Gasteiger partial charge in [0.15, 0.2) is 17.0 Å². The molecular weight excluding hydrogens is 360 g/mol. The van der Waals surface area contributed by atoms with Crippen LogP contribution in [0.25, 0.3) is 11.2 Å². The zero-order valence-electron chi connectivity index (χ0n) is 16.5. The molecule has 0 spiro atoms. The van der Waals surface area contributed by atoms with E-state index in [-0.39, 0.29) is 11.8 Å². The van der Waals surface area contributed by atoms with Crippen LogP contribution in [0.5, 0.6) is 11.5 Å². The molecule has 1 aromatic carbocycles. The van der Waals surface area contributed by atoms with Crippen molar-refractivity contribution in [3.05, 3.63) is 30.1 Å². The third kappa shape index (κ3) is 4.09. The fraction of sp³-hybridized carbons (Fsp3) is 0.421. The first kappa shape index (κ1) is 19.7. The lowest BCUT2D eigenvalue weighted by Crippen LogP contribution is -2.31. The molecule has 2 unspecified atom stereocenters. The standard InChI is InChI=1S/C19H26N6O3/c1-5-14(11(2)26)22-19-23-17(16-18(24-19)25(3)10-21-16)20-9-12-8-13(28-4)6-7-15(12)27/h6-8,10-11,14,26-27H,5,9H2,1-4H3,(H2,20,22,23,24). The Morgan fingerprint density at radius 2 is 2.07 bits per heavy atom. The number of hydrogen-bond acceptors (Lipinski definition) is 8. The summed E-state index contributed by atoms with van der Waals surface area (Å²) in [4.78, 5) is 13.4. The Labute approximate surface area is 163 Å². The molecule has 0 radical (unpaired) electrons. The van der Waals surface area contributed by atoms with E-state index in [0.717, 1.165) is 6.42 Å². The molecule has 4 N–H and O–H groups in total. The molecule has 0 bridgehead atoms. The van der Waals surface area contributed by atoms with E-state index < -0.39 is 6.10 Å². The lowest BCUT2D eigenvalue weighted by Gasteiger charge is -2.20. The number of phenolic OH excluding ortho intramolecular Hbond substituents is 1. The van der Waals surface area contributed by atoms with Crippen LogP contribution in [0.3, 0.4) is 0 Å². The van der Waals surface area contributed by atoms with Crippen LogP contribution in [0.2, 0.25) is 0 Å². The molecule has 3 aromatic rings. The smallest absolute Gasteiger partial charge is 0.227 e. The molecule has 9 heteroatoms. The second-order valence-corrected chi connectivity index (χ2v) is 6.67. The second kappa shape index (κ2) is 8.30. The number of rotatable bonds is 8. The van der Waals surface area contributed by atoms with Gasteiger partial charge >= 0.3 is 0 Å². The zero-order chi connectivity index (χ0) is 20.3. The van der Waals surface area contributed by atoms with Gasteiger partial charge in [-0.2, -0.15) is 9.97 Å². The molecule has 28 heavy (non-hydrogen) atoms. The van der Waals surface area contributed by atoms with E-state index in [1.165, 1.54) is 0 Å². The van der Waals surface area contributed by atoms with Crippen LogP contribution >= 0.6 is 0 Å². The van der Waals surface area contributed by atoms with Crippen molar-refractivity contribution in [1.82, 2.24) is 19.5 Å². The minimum absolute atomic E-state index is 0.165. The van der Waals surface area contributed by atoms with Gasteiger partial charge in [-0.1, -0.05) is 6.92 Å². The van der Waals surface area contributed by atoms with Gasteiger partial charge in [-0.15, -0.1) is 0 Å². The third-order valence-corrected chi connectivity index (χ3v) is 4.63. The number of phenols is 1. The number of methoxy groups -OCH3 is 1. The summed E-state index contributed by atoms with van der Waals surface area (Å²) in [6.07, 6.45) is 1.86. The van der Waals surface area contributed by atoms with Crippen LogP contribution in [0, 0.1) is 0 Å². The number of nitrogens with zero attached hydrogens (tertiary/aromatic N) is 4. The summed E-state index contributed by atoms with van der Waals surface area (Å²) >= 11 is 0. The summed E-state index contributed by atoms with van der Waals surface area (Å²) in [5.41, 5.74) is 1.96. The van der Waals surface area contributed by atoms with Crippen molar-refractivity contribution in [3.8, 4) is 11.5 Å². The van der Waals surface area contributed by atoms with Gasteiger partial charge in [0, 0.05) is 19.2 Å². The molecule has 0 amide bonds. The van der Waals surface area contributed by atoms with E-state index >= 15 is 0 Å². The highest BCUT2D eigenvalue weighted by atomic mass is 16.5. The maximum atomic E-state index is 10.1. The topological polar surface area (TPSA) is 117 Å². The van der Waals surface area contributed by atoms with Crippen LogP contribution in [0.1, 0.15) is 25.8 Å². The first-order valence-electron chi connectivity index (χ1n) is 9.16. The molecule has 2 heterocycles. The van der Waals surface area contributed by atoms with Crippen LogP contribution in [-0.2, 0) is 13.6 Å². The predicted molar refractivity (Wildman–Crippen MR) is 108 cm³/mol. The SMILES string of the molecule is CCC(Nc1nc(NCc2cc(OC)ccc2O)c2ncn(C)c2n1)C(C)O. The van der Waals surface area contributed by atoms with E-state index in [2.05, 4.69) is 25.6 Å². The number of aromatic hydroxyl groups is 1. The van der Waals surface area contributed by atoms with Crippen molar-refractivity contribution in [3.63, 3.8) is 0 Å². The number of benzene rings is 1. The highest BCUT2D eigenvalue weighted by molar-refractivity contribution is 5.84. The fourth-order valence-electron chi connectivity index (χ4n) is 2.93. The Morgan fingerprint density at radius 3 is 2.75 bits per heavy atom. The normalized spacial score (nSPS) is 13.3. The summed E-state index contributed by atoms with van der Waals surface area (Å²) in [6, 6.07) is 4.89. The molecule has 0 saturated heterocycles. The van der Waals surface area contributed by atoms with Gasteiger partial charge in [-0.05, 0) is 31.5 Å². The number of aliphatic hydroxyl groups excluding tert-OH is 1. The van der Waals surface area contributed by atoms with E-state index in [1.54, 1.807) is 43.1 Å². The van der Waals surface area contributed by atoms with Crippen molar-refractivity contribution in [1.29, 1.82) is 0 Å². The minimum atomic E-state index is -0.541. The van der Waals surface area contributed by atoms with Gasteiger partial charge in [-0.25, -0.2) is 4.98 Å². The Morgan fingerprint density at radius 1 is 1.29 bits per heavy atom. The average Bonchev–Trinajstić information content (AvgIpc) is 3.06. The fourth-order valence-corrected chi connectivity index (χ4v) is 2.93. The van der Waals surface area contributed by atoms with Gasteiger partial charge < -0.3 is 30.2 Å². The number of aliphatic hydroxyl groups is 1. The maximum absolute atomic E-state index is 10.1. The van der Waals surface area contributed by atoms with Gasteiger partial charge in [-0.3, -0.25) is 0 Å².